The zero-order valence-electron chi connectivity index (χ0n) is 6.29. The molecule has 4 nitrogen and oxygen atoms in total. The highest BCUT2D eigenvalue weighted by Gasteiger charge is 2.28. The molecule has 0 aliphatic carbocycles. The lowest BCUT2D eigenvalue weighted by atomic mass is 11.0. The van der Waals surface area contributed by atoms with Crippen LogP contribution in [0, 0.1) is 0 Å². The van der Waals surface area contributed by atoms with Crippen molar-refractivity contribution in [3.63, 3.8) is 0 Å². The molecule has 1 aromatic rings. The summed E-state index contributed by atoms with van der Waals surface area (Å²) in [7, 11) is 1.25. The molecule has 2 rings (SSSR count). The van der Waals surface area contributed by atoms with Crippen molar-refractivity contribution in [2.24, 2.45) is 4.99 Å². The van der Waals surface area contributed by atoms with Crippen LogP contribution >= 0.6 is 69.1 Å². The van der Waals surface area contributed by atoms with Crippen molar-refractivity contribution in [1.29, 1.82) is 0 Å². The first-order chi connectivity index (χ1) is 6.70. The summed E-state index contributed by atoms with van der Waals surface area (Å²) in [4.78, 5) is 8.13. The Morgan fingerprint density at radius 3 is 2.86 bits per heavy atom. The summed E-state index contributed by atoms with van der Waals surface area (Å²) in [5.41, 5.74) is -0.473. The minimum atomic E-state index is -0.473. The molecule has 10 heteroatoms. The van der Waals surface area contributed by atoms with E-state index in [-0.39, 0.29) is 5.28 Å². The largest absolute Gasteiger partial charge is 0.247 e. The lowest BCUT2D eigenvalue weighted by Crippen LogP contribution is -2.17. The van der Waals surface area contributed by atoms with Gasteiger partial charge in [0, 0.05) is 23.5 Å². The Morgan fingerprint density at radius 2 is 2.36 bits per heavy atom. The van der Waals surface area contributed by atoms with E-state index in [1.807, 2.05) is 0 Å². The highest BCUT2D eigenvalue weighted by molar-refractivity contribution is 8.79. The predicted molar refractivity (Wildman–Crippen MR) is 68.6 cm³/mol. The molecule has 14 heavy (non-hydrogen) atoms. The second-order valence-electron chi connectivity index (χ2n) is 2.06. The van der Waals surface area contributed by atoms with Crippen molar-refractivity contribution in [2.45, 2.75) is 5.62 Å². The second-order valence-corrected chi connectivity index (χ2v) is 5.86. The van der Waals surface area contributed by atoms with Crippen molar-refractivity contribution >= 4 is 78.6 Å². The Morgan fingerprint density at radius 1 is 1.57 bits per heavy atom. The number of hydrogen-bond donors (Lipinski definition) is 1. The molecule has 76 valence electrons. The number of nitrogens with zero attached hydrogens (tertiary/aromatic N) is 4. The van der Waals surface area contributed by atoms with Crippen LogP contribution in [0.5, 0.6) is 0 Å². The number of rotatable bonds is 1. The molecule has 0 fully saturated rings. The van der Waals surface area contributed by atoms with Crippen LogP contribution in [-0.4, -0.2) is 19.4 Å². The van der Waals surface area contributed by atoms with Gasteiger partial charge in [-0.3, -0.25) is 0 Å². The number of halogens is 2. The van der Waals surface area contributed by atoms with Crippen molar-refractivity contribution in [3.05, 3.63) is 5.28 Å². The van der Waals surface area contributed by atoms with Crippen LogP contribution in [0.1, 0.15) is 0 Å². The highest BCUT2D eigenvalue weighted by atomic mass is 35.5. The van der Waals surface area contributed by atoms with Gasteiger partial charge >= 0.3 is 0 Å². The van der Waals surface area contributed by atoms with Crippen LogP contribution < -0.4 is 4.31 Å². The number of thiol groups is 1. The number of aliphatic imine (C=N–C) groups is 1. The summed E-state index contributed by atoms with van der Waals surface area (Å²) in [6, 6.07) is 0. The maximum Gasteiger partial charge on any atom is 0.236 e. The van der Waals surface area contributed by atoms with Crippen molar-refractivity contribution < 1.29 is 0 Å². The van der Waals surface area contributed by atoms with E-state index in [1.54, 1.807) is 4.31 Å². The van der Waals surface area contributed by atoms with Crippen LogP contribution in [0.2, 0.25) is 5.28 Å². The zero-order chi connectivity index (χ0) is 10.1. The van der Waals surface area contributed by atoms with Gasteiger partial charge in [-0.05, 0) is 22.4 Å². The summed E-state index contributed by atoms with van der Waals surface area (Å²) in [5, 5.41) is 0.863. The molecule has 1 aliphatic rings. The van der Waals surface area contributed by atoms with Crippen molar-refractivity contribution in [3.8, 4) is 0 Å². The third kappa shape index (κ3) is 2.25. The van der Waals surface area contributed by atoms with Gasteiger partial charge in [-0.2, -0.15) is 9.36 Å². The Kier molecular flexibility index (Phi) is 3.72. The smallest absolute Gasteiger partial charge is 0.236 e. The van der Waals surface area contributed by atoms with Crippen LogP contribution in [-0.2, 0) is 0 Å². The van der Waals surface area contributed by atoms with Crippen LogP contribution in [0.3, 0.4) is 0 Å². The van der Waals surface area contributed by atoms with Crippen LogP contribution in [0.15, 0.2) is 4.99 Å². The summed E-state index contributed by atoms with van der Waals surface area (Å²) >= 11 is 18.2. The molecule has 0 amide bonds. The fraction of sp³-hybridized carbons (Fsp3) is 0.250. The molecule has 0 aromatic carbocycles. The monoisotopic (exact) mass is 304 g/mol. The summed E-state index contributed by atoms with van der Waals surface area (Å²) in [6.07, 6.45) is 0. The Balaban J connectivity index is 2.16. The van der Waals surface area contributed by atoms with Gasteiger partial charge in [-0.15, -0.1) is 11.7 Å². The van der Waals surface area contributed by atoms with E-state index >= 15 is 0 Å². The SMILES string of the molecule is SSC1=NC(Cl)N(c2nc(Cl)ns2)S1. The second kappa shape index (κ2) is 4.67. The third-order valence-corrected chi connectivity index (χ3v) is 5.20. The molecule has 0 N–H and O–H groups in total. The fourth-order valence-corrected chi connectivity index (χ4v) is 3.71. The van der Waals surface area contributed by atoms with Gasteiger partial charge in [0.05, 0.1) is 0 Å². The van der Waals surface area contributed by atoms with Gasteiger partial charge < -0.3 is 0 Å². The molecule has 1 unspecified atom stereocenters. The summed E-state index contributed by atoms with van der Waals surface area (Å²) in [6.45, 7) is 0. The van der Waals surface area contributed by atoms with E-state index in [4.69, 9.17) is 23.2 Å². The maximum absolute atomic E-state index is 5.96. The minimum absolute atomic E-state index is 0.224. The van der Waals surface area contributed by atoms with Gasteiger partial charge in [0.25, 0.3) is 0 Å². The van der Waals surface area contributed by atoms with E-state index < -0.39 is 5.62 Å². The lowest BCUT2D eigenvalue weighted by molar-refractivity contribution is 0.985. The van der Waals surface area contributed by atoms with Gasteiger partial charge in [0.2, 0.25) is 16.0 Å². The molecular formula is C4H2Cl2N4S4. The average molecular weight is 305 g/mol. The number of hydrogen-bond acceptors (Lipinski definition) is 8. The fourth-order valence-electron chi connectivity index (χ4n) is 0.749. The van der Waals surface area contributed by atoms with E-state index in [0.717, 1.165) is 4.38 Å². The normalized spacial score (nSPS) is 21.5. The molecule has 0 spiro atoms. The number of anilines is 1. The molecule has 1 aliphatic heterocycles. The standard InChI is InChI=1S/C4H2Cl2N4S4/c5-1-7-3(12-9-1)10-2(6)8-4(13-10)14-11/h2,11H. The highest BCUT2D eigenvalue weighted by Crippen LogP contribution is 2.39. The van der Waals surface area contributed by atoms with Crippen LogP contribution in [0.4, 0.5) is 5.13 Å². The Labute approximate surface area is 108 Å². The van der Waals surface area contributed by atoms with Gasteiger partial charge in [0.1, 0.15) is 0 Å². The van der Waals surface area contributed by atoms with E-state index in [1.165, 1.54) is 34.3 Å². The Hall–Kier alpha value is 0.660. The first-order valence-electron chi connectivity index (χ1n) is 3.20. The molecular weight excluding hydrogens is 303 g/mol. The maximum atomic E-state index is 5.96. The number of alkyl halides is 1. The van der Waals surface area contributed by atoms with Gasteiger partial charge in [-0.25, -0.2) is 9.30 Å². The van der Waals surface area contributed by atoms with E-state index in [9.17, 15) is 0 Å². The molecule has 2 heterocycles. The topological polar surface area (TPSA) is 41.4 Å². The van der Waals surface area contributed by atoms with Gasteiger partial charge in [0.15, 0.2) is 4.38 Å². The van der Waals surface area contributed by atoms with E-state index in [0.29, 0.717) is 5.13 Å². The Bertz CT molecular complexity index is 368. The molecule has 0 radical (unpaired) electrons. The van der Waals surface area contributed by atoms with Crippen LogP contribution in [0.25, 0.3) is 0 Å². The van der Waals surface area contributed by atoms with E-state index in [2.05, 4.69) is 26.0 Å². The number of aromatic nitrogens is 2. The first kappa shape index (κ1) is 11.2. The first-order valence-corrected chi connectivity index (χ1v) is 7.43. The molecule has 1 atom stereocenters. The molecule has 0 bridgehead atoms. The lowest BCUT2D eigenvalue weighted by Gasteiger charge is -2.13. The van der Waals surface area contributed by atoms with Gasteiger partial charge in [-0.1, -0.05) is 11.6 Å². The summed E-state index contributed by atoms with van der Waals surface area (Å²) in [5.74, 6) is 0. The predicted octanol–water partition coefficient (Wildman–Crippen LogP) is 3.12. The molecule has 1 aromatic heterocycles. The van der Waals surface area contributed by atoms with Crippen molar-refractivity contribution in [1.82, 2.24) is 9.36 Å². The zero-order valence-corrected chi connectivity index (χ0v) is 11.1. The summed E-state index contributed by atoms with van der Waals surface area (Å²) < 4.78 is 6.36. The van der Waals surface area contributed by atoms with Crippen molar-refractivity contribution in [2.75, 3.05) is 4.31 Å². The molecule has 0 saturated carbocycles. The molecule has 0 saturated heterocycles. The average Bonchev–Trinajstić information content (AvgIpc) is 2.71. The third-order valence-electron chi connectivity index (χ3n) is 1.24. The quantitative estimate of drug-likeness (QED) is 0.284. The minimum Gasteiger partial charge on any atom is -0.247 e.